The molecule has 0 radical (unpaired) electrons. The highest BCUT2D eigenvalue weighted by Crippen LogP contribution is 1.69. The van der Waals surface area contributed by atoms with Gasteiger partial charge in [0.05, 0.1) is 0 Å². The van der Waals surface area contributed by atoms with Gasteiger partial charge in [-0.1, -0.05) is 0 Å². The molecule has 6 heteroatoms. The van der Waals surface area contributed by atoms with Crippen LogP contribution in [0, 0.1) is 0 Å². The Kier molecular flexibility index (Phi) is 2.81. The normalized spacial score (nSPS) is 13.3. The average Bonchev–Trinajstić information content (AvgIpc) is 1.87. The maximum absolute atomic E-state index is 5.05. The van der Waals surface area contributed by atoms with E-state index in [4.69, 9.17) is 17.3 Å². The minimum absolute atomic E-state index is 0.0540. The summed E-state index contributed by atoms with van der Waals surface area (Å²) in [6.45, 7) is 3.09. The van der Waals surface area contributed by atoms with E-state index in [2.05, 4.69) is 21.8 Å². The van der Waals surface area contributed by atoms with Crippen molar-refractivity contribution in [3.63, 3.8) is 0 Å². The summed E-state index contributed by atoms with van der Waals surface area (Å²) in [7, 11) is 0. The van der Waals surface area contributed by atoms with Crippen LogP contribution in [0.25, 0.3) is 0 Å². The number of nitrogens with zero attached hydrogens (tertiary/aromatic N) is 3. The molecule has 50 valence electrons. The summed E-state index contributed by atoms with van der Waals surface area (Å²) in [6.07, 6.45) is 0. The van der Waals surface area contributed by atoms with Gasteiger partial charge in [0.2, 0.25) is 11.9 Å². The van der Waals surface area contributed by atoms with E-state index in [1.807, 2.05) is 0 Å². The molecule has 0 saturated carbocycles. The number of guanidine groups is 2. The molecule has 0 saturated heterocycles. The second-order valence-corrected chi connectivity index (χ2v) is 1.12. The van der Waals surface area contributed by atoms with Crippen molar-refractivity contribution in [2.24, 2.45) is 32.4 Å². The molecule has 0 rings (SSSR count). The Morgan fingerprint density at radius 3 is 2.11 bits per heavy atom. The number of nitrogens with two attached hydrogens (primary N) is 3. The summed E-state index contributed by atoms with van der Waals surface area (Å²) in [4.78, 5) is 6.62. The molecular weight excluding hydrogens is 120 g/mol. The zero-order chi connectivity index (χ0) is 7.28. The van der Waals surface area contributed by atoms with Gasteiger partial charge in [-0.25, -0.2) is 4.99 Å². The van der Waals surface area contributed by atoms with E-state index in [1.54, 1.807) is 0 Å². The Morgan fingerprint density at radius 2 is 1.78 bits per heavy atom. The molecule has 0 bridgehead atoms. The van der Waals surface area contributed by atoms with Gasteiger partial charge in [0, 0.05) is 0 Å². The maximum Gasteiger partial charge on any atom is 0.240 e. The fourth-order valence-electron chi connectivity index (χ4n) is 0.182. The van der Waals surface area contributed by atoms with E-state index in [0.717, 1.165) is 0 Å². The lowest BCUT2D eigenvalue weighted by Gasteiger charge is -1.88. The number of hydrogen-bond acceptors (Lipinski definition) is 2. The van der Waals surface area contributed by atoms with Gasteiger partial charge in [0.1, 0.15) is 0 Å². The third-order valence-corrected chi connectivity index (χ3v) is 0.523. The third kappa shape index (κ3) is 3.03. The van der Waals surface area contributed by atoms with Crippen LogP contribution in [0.3, 0.4) is 0 Å². The van der Waals surface area contributed by atoms with Crippen LogP contribution in [0.4, 0.5) is 0 Å². The molecule has 0 atom stereocenters. The van der Waals surface area contributed by atoms with E-state index in [9.17, 15) is 0 Å². The molecule has 0 aliphatic rings. The summed E-state index contributed by atoms with van der Waals surface area (Å²) in [5.74, 6) is 4.53. The predicted octanol–water partition coefficient (Wildman–Crippen LogP) is -1.81. The topological polar surface area (TPSA) is 115 Å². The van der Waals surface area contributed by atoms with Crippen LogP contribution in [0.1, 0.15) is 0 Å². The van der Waals surface area contributed by atoms with Gasteiger partial charge in [-0.15, -0.1) is 5.10 Å². The Labute approximate surface area is 52.1 Å². The van der Waals surface area contributed by atoms with E-state index >= 15 is 0 Å². The van der Waals surface area contributed by atoms with Gasteiger partial charge < -0.3 is 17.3 Å². The Bertz CT molecular complexity index is 156. The second kappa shape index (κ2) is 3.42. The highest BCUT2D eigenvalue weighted by molar-refractivity contribution is 5.94. The van der Waals surface area contributed by atoms with Gasteiger partial charge in [0.25, 0.3) is 0 Å². The van der Waals surface area contributed by atoms with E-state index in [1.165, 1.54) is 0 Å². The van der Waals surface area contributed by atoms with Crippen molar-refractivity contribution in [2.45, 2.75) is 0 Å². The fraction of sp³-hybridized carbons (Fsp3) is 0. The summed E-state index contributed by atoms with van der Waals surface area (Å²) < 4.78 is 0. The van der Waals surface area contributed by atoms with Crippen LogP contribution in [0.15, 0.2) is 15.1 Å². The molecule has 0 spiro atoms. The largest absolute Gasteiger partial charge is 0.368 e. The number of aliphatic imine (C=N–C) groups is 2. The monoisotopic (exact) mass is 128 g/mol. The zero-order valence-corrected chi connectivity index (χ0v) is 4.78. The molecular formula is C3H8N6. The van der Waals surface area contributed by atoms with Crippen molar-refractivity contribution in [1.29, 1.82) is 0 Å². The van der Waals surface area contributed by atoms with Crippen LogP contribution >= 0.6 is 0 Å². The maximum atomic E-state index is 5.05. The van der Waals surface area contributed by atoms with Crippen molar-refractivity contribution in [3.05, 3.63) is 0 Å². The number of rotatable bonds is 0. The highest BCUT2D eigenvalue weighted by Gasteiger charge is 1.85. The first-order valence-electron chi connectivity index (χ1n) is 2.05. The van der Waals surface area contributed by atoms with Gasteiger partial charge in [-0.3, -0.25) is 0 Å². The highest BCUT2D eigenvalue weighted by atomic mass is 15.2. The Balaban J connectivity index is 4.11. The standard InChI is InChI=1S/C3H8N6/c1-7-2(4)8-3(5)9-6/h1,6H2,(H4,4,5,8,9). The van der Waals surface area contributed by atoms with Crippen LogP contribution in [0.2, 0.25) is 0 Å². The molecule has 9 heavy (non-hydrogen) atoms. The Morgan fingerprint density at radius 1 is 1.22 bits per heavy atom. The molecule has 0 aliphatic heterocycles. The minimum Gasteiger partial charge on any atom is -0.368 e. The Hall–Kier alpha value is -1.59. The van der Waals surface area contributed by atoms with Crippen molar-refractivity contribution in [2.75, 3.05) is 0 Å². The van der Waals surface area contributed by atoms with Crippen molar-refractivity contribution < 1.29 is 0 Å². The smallest absolute Gasteiger partial charge is 0.240 e. The van der Waals surface area contributed by atoms with Gasteiger partial charge >= 0.3 is 0 Å². The average molecular weight is 128 g/mol. The van der Waals surface area contributed by atoms with Crippen LogP contribution < -0.4 is 17.3 Å². The molecule has 0 fully saturated rings. The summed E-state index contributed by atoms with van der Waals surface area (Å²) in [5, 5.41) is 3.02. The molecule has 6 N–H and O–H groups in total. The fourth-order valence-corrected chi connectivity index (χ4v) is 0.182. The van der Waals surface area contributed by atoms with Gasteiger partial charge in [-0.05, 0) is 6.72 Å². The molecule has 0 unspecified atom stereocenters. The third-order valence-electron chi connectivity index (χ3n) is 0.523. The van der Waals surface area contributed by atoms with Crippen LogP contribution in [-0.2, 0) is 0 Å². The van der Waals surface area contributed by atoms with Crippen molar-refractivity contribution in [1.82, 2.24) is 0 Å². The first kappa shape index (κ1) is 7.41. The lowest BCUT2D eigenvalue weighted by Crippen LogP contribution is -2.17. The summed E-state index contributed by atoms with van der Waals surface area (Å²) in [6, 6.07) is 0. The molecule has 0 aromatic carbocycles. The molecule has 0 heterocycles. The quantitative estimate of drug-likeness (QED) is 0.154. The molecule has 0 aliphatic carbocycles. The first-order valence-corrected chi connectivity index (χ1v) is 2.05. The minimum atomic E-state index is -0.125. The SMILES string of the molecule is C=N/C(N)=N\C(N)=N\N. The number of hydrazone groups is 1. The zero-order valence-electron chi connectivity index (χ0n) is 4.78. The van der Waals surface area contributed by atoms with Crippen molar-refractivity contribution in [3.8, 4) is 0 Å². The summed E-state index contributed by atoms with van der Waals surface area (Å²) in [5.41, 5.74) is 10.1. The lowest BCUT2D eigenvalue weighted by molar-refractivity contribution is 1.21. The number of hydrogen-bond donors (Lipinski definition) is 3. The van der Waals surface area contributed by atoms with Crippen LogP contribution in [0.5, 0.6) is 0 Å². The lowest BCUT2D eigenvalue weighted by atomic mass is 10.9. The molecule has 6 nitrogen and oxygen atoms in total. The molecule has 0 aromatic heterocycles. The predicted molar refractivity (Wildman–Crippen MR) is 37.0 cm³/mol. The first-order chi connectivity index (χ1) is 4.20. The second-order valence-electron chi connectivity index (χ2n) is 1.12. The van der Waals surface area contributed by atoms with E-state index in [-0.39, 0.29) is 11.9 Å². The summed E-state index contributed by atoms with van der Waals surface area (Å²) >= 11 is 0. The van der Waals surface area contributed by atoms with E-state index < -0.39 is 0 Å². The molecule has 0 aromatic rings. The molecule has 0 amide bonds. The van der Waals surface area contributed by atoms with Gasteiger partial charge in [-0.2, -0.15) is 4.99 Å². The van der Waals surface area contributed by atoms with E-state index in [0.29, 0.717) is 0 Å². The van der Waals surface area contributed by atoms with Crippen molar-refractivity contribution >= 4 is 18.6 Å². The van der Waals surface area contributed by atoms with Crippen LogP contribution in [-0.4, -0.2) is 18.6 Å². The van der Waals surface area contributed by atoms with Gasteiger partial charge in [0.15, 0.2) is 0 Å².